The largest absolute Gasteiger partial charge is 0.374 e. The number of hydrogen-bond acceptors (Lipinski definition) is 5. The predicted octanol–water partition coefficient (Wildman–Crippen LogP) is 3.30. The van der Waals surface area contributed by atoms with Crippen molar-refractivity contribution < 1.29 is 4.79 Å². The Balaban J connectivity index is 1.96. The molecule has 1 aromatic heterocycles. The molecular formula is C13H15N3OS2. The van der Waals surface area contributed by atoms with Crippen LogP contribution in [-0.2, 0) is 4.79 Å². The van der Waals surface area contributed by atoms with E-state index in [0.717, 1.165) is 10.6 Å². The average molecular weight is 293 g/mol. The standard InChI is InChI=1S/C13H15N3OS2/c1-9(12(17)16-13-14-6-7-19-13)15-10-4-3-5-11(8-10)18-2/h3-9,15H,1-2H3,(H,14,16,17)/t9-/m0/s1. The van der Waals surface area contributed by atoms with Crippen LogP contribution in [0.3, 0.4) is 0 Å². The van der Waals surface area contributed by atoms with Crippen molar-refractivity contribution in [3.05, 3.63) is 35.8 Å². The van der Waals surface area contributed by atoms with E-state index < -0.39 is 0 Å². The Kier molecular flexibility index (Phi) is 4.81. The molecular weight excluding hydrogens is 278 g/mol. The molecule has 2 aromatic rings. The summed E-state index contributed by atoms with van der Waals surface area (Å²) >= 11 is 3.08. The number of aromatic nitrogens is 1. The lowest BCUT2D eigenvalue weighted by atomic mass is 10.2. The second-order valence-corrected chi connectivity index (χ2v) is 5.70. The number of carbonyl (C=O) groups excluding carboxylic acids is 1. The van der Waals surface area contributed by atoms with E-state index in [-0.39, 0.29) is 11.9 Å². The first-order valence-electron chi connectivity index (χ1n) is 5.80. The molecule has 0 bridgehead atoms. The summed E-state index contributed by atoms with van der Waals surface area (Å²) in [6.45, 7) is 1.83. The van der Waals surface area contributed by atoms with E-state index in [4.69, 9.17) is 0 Å². The monoisotopic (exact) mass is 293 g/mol. The minimum absolute atomic E-state index is 0.0931. The quantitative estimate of drug-likeness (QED) is 0.831. The summed E-state index contributed by atoms with van der Waals surface area (Å²) in [5.74, 6) is -0.0931. The Labute approximate surface area is 120 Å². The Morgan fingerprint density at radius 3 is 3.00 bits per heavy atom. The first-order valence-corrected chi connectivity index (χ1v) is 7.90. The maximum Gasteiger partial charge on any atom is 0.248 e. The maximum absolute atomic E-state index is 12.0. The zero-order valence-electron chi connectivity index (χ0n) is 10.7. The van der Waals surface area contributed by atoms with E-state index in [1.54, 1.807) is 18.0 Å². The number of hydrogen-bond donors (Lipinski definition) is 2. The van der Waals surface area contributed by atoms with Gasteiger partial charge in [0, 0.05) is 22.2 Å². The highest BCUT2D eigenvalue weighted by molar-refractivity contribution is 7.98. The van der Waals surface area contributed by atoms with Crippen LogP contribution in [0.25, 0.3) is 0 Å². The molecule has 0 saturated heterocycles. The van der Waals surface area contributed by atoms with Gasteiger partial charge in [-0.1, -0.05) is 6.07 Å². The summed E-state index contributed by atoms with van der Waals surface area (Å²) in [6, 6.07) is 7.67. The van der Waals surface area contributed by atoms with Crippen molar-refractivity contribution in [2.24, 2.45) is 0 Å². The number of thiazole rings is 1. The Hall–Kier alpha value is -1.53. The Morgan fingerprint density at radius 2 is 2.32 bits per heavy atom. The molecule has 1 heterocycles. The van der Waals surface area contributed by atoms with Gasteiger partial charge in [0.15, 0.2) is 5.13 Å². The fourth-order valence-corrected chi connectivity index (χ4v) is 2.52. The van der Waals surface area contributed by atoms with Crippen LogP contribution in [0.4, 0.5) is 10.8 Å². The van der Waals surface area contributed by atoms with Crippen molar-refractivity contribution >= 4 is 39.8 Å². The van der Waals surface area contributed by atoms with Crippen LogP contribution in [0.5, 0.6) is 0 Å². The fourth-order valence-electron chi connectivity index (χ4n) is 1.53. The van der Waals surface area contributed by atoms with E-state index in [9.17, 15) is 4.79 Å². The molecule has 1 atom stereocenters. The van der Waals surface area contributed by atoms with Crippen LogP contribution >= 0.6 is 23.1 Å². The molecule has 100 valence electrons. The second kappa shape index (κ2) is 6.58. The molecule has 0 aliphatic heterocycles. The van der Waals surface area contributed by atoms with Gasteiger partial charge in [-0.15, -0.1) is 23.1 Å². The van der Waals surface area contributed by atoms with Crippen LogP contribution in [0.15, 0.2) is 40.7 Å². The highest BCUT2D eigenvalue weighted by atomic mass is 32.2. The van der Waals surface area contributed by atoms with Crippen molar-refractivity contribution in [2.75, 3.05) is 16.9 Å². The van der Waals surface area contributed by atoms with Gasteiger partial charge >= 0.3 is 0 Å². The minimum atomic E-state index is -0.319. The maximum atomic E-state index is 12.0. The minimum Gasteiger partial charge on any atom is -0.374 e. The molecule has 0 radical (unpaired) electrons. The Morgan fingerprint density at radius 1 is 1.47 bits per heavy atom. The van der Waals surface area contributed by atoms with Crippen LogP contribution < -0.4 is 10.6 Å². The lowest BCUT2D eigenvalue weighted by Gasteiger charge is -2.14. The smallest absolute Gasteiger partial charge is 0.248 e. The zero-order chi connectivity index (χ0) is 13.7. The van der Waals surface area contributed by atoms with Crippen LogP contribution in [0.1, 0.15) is 6.92 Å². The third-order valence-electron chi connectivity index (χ3n) is 2.51. The molecule has 0 fully saturated rings. The lowest BCUT2D eigenvalue weighted by molar-refractivity contribution is -0.116. The van der Waals surface area contributed by atoms with Crippen molar-refractivity contribution in [1.82, 2.24) is 4.98 Å². The number of benzene rings is 1. The number of nitrogens with zero attached hydrogens (tertiary/aromatic N) is 1. The van der Waals surface area contributed by atoms with Crippen LogP contribution in [-0.4, -0.2) is 23.2 Å². The van der Waals surface area contributed by atoms with E-state index in [1.807, 2.05) is 42.8 Å². The van der Waals surface area contributed by atoms with Gasteiger partial charge in [0.05, 0.1) is 0 Å². The molecule has 19 heavy (non-hydrogen) atoms. The summed E-state index contributed by atoms with van der Waals surface area (Å²) in [6.07, 6.45) is 3.69. The van der Waals surface area contributed by atoms with Crippen molar-refractivity contribution in [2.45, 2.75) is 17.9 Å². The normalized spacial score (nSPS) is 11.9. The van der Waals surface area contributed by atoms with Gasteiger partial charge in [-0.05, 0) is 31.4 Å². The number of nitrogens with one attached hydrogen (secondary N) is 2. The van der Waals surface area contributed by atoms with Gasteiger partial charge in [0.25, 0.3) is 0 Å². The van der Waals surface area contributed by atoms with Gasteiger partial charge in [0.2, 0.25) is 5.91 Å². The number of rotatable bonds is 5. The van der Waals surface area contributed by atoms with Gasteiger partial charge in [0.1, 0.15) is 6.04 Å². The average Bonchev–Trinajstić information content (AvgIpc) is 2.91. The molecule has 2 N–H and O–H groups in total. The van der Waals surface area contributed by atoms with E-state index in [0.29, 0.717) is 5.13 Å². The summed E-state index contributed by atoms with van der Waals surface area (Å²) in [5, 5.41) is 8.40. The molecule has 0 aliphatic carbocycles. The van der Waals surface area contributed by atoms with E-state index in [2.05, 4.69) is 15.6 Å². The first-order chi connectivity index (χ1) is 9.19. The first kappa shape index (κ1) is 13.9. The van der Waals surface area contributed by atoms with Crippen LogP contribution in [0, 0.1) is 0 Å². The number of carbonyl (C=O) groups is 1. The van der Waals surface area contributed by atoms with Gasteiger partial charge in [-0.3, -0.25) is 4.79 Å². The SMILES string of the molecule is CSc1cccc(N[C@@H](C)C(=O)Nc2nccs2)c1. The van der Waals surface area contributed by atoms with E-state index >= 15 is 0 Å². The summed E-state index contributed by atoms with van der Waals surface area (Å²) in [4.78, 5) is 17.1. The summed E-state index contributed by atoms with van der Waals surface area (Å²) in [5.41, 5.74) is 0.939. The summed E-state index contributed by atoms with van der Waals surface area (Å²) < 4.78 is 0. The molecule has 1 amide bonds. The number of thioether (sulfide) groups is 1. The molecule has 0 aliphatic rings. The van der Waals surface area contributed by atoms with E-state index in [1.165, 1.54) is 11.3 Å². The number of amides is 1. The molecule has 0 saturated carbocycles. The van der Waals surface area contributed by atoms with Gasteiger partial charge in [-0.25, -0.2) is 4.98 Å². The lowest BCUT2D eigenvalue weighted by Crippen LogP contribution is -2.31. The molecule has 1 aromatic carbocycles. The fraction of sp³-hybridized carbons (Fsp3) is 0.231. The summed E-state index contributed by atoms with van der Waals surface area (Å²) in [7, 11) is 0. The molecule has 0 spiro atoms. The topological polar surface area (TPSA) is 54.0 Å². The molecule has 2 rings (SSSR count). The van der Waals surface area contributed by atoms with Gasteiger partial charge < -0.3 is 10.6 Å². The highest BCUT2D eigenvalue weighted by Crippen LogP contribution is 2.19. The molecule has 6 heteroatoms. The van der Waals surface area contributed by atoms with Crippen molar-refractivity contribution in [3.8, 4) is 0 Å². The molecule has 4 nitrogen and oxygen atoms in total. The molecule has 0 unspecified atom stereocenters. The third kappa shape index (κ3) is 3.97. The highest BCUT2D eigenvalue weighted by Gasteiger charge is 2.13. The third-order valence-corrected chi connectivity index (χ3v) is 3.92. The van der Waals surface area contributed by atoms with Crippen LogP contribution in [0.2, 0.25) is 0 Å². The predicted molar refractivity (Wildman–Crippen MR) is 82.1 cm³/mol. The van der Waals surface area contributed by atoms with Crippen molar-refractivity contribution in [3.63, 3.8) is 0 Å². The zero-order valence-corrected chi connectivity index (χ0v) is 12.3. The number of anilines is 2. The Bertz CT molecular complexity index is 543. The van der Waals surface area contributed by atoms with Gasteiger partial charge in [-0.2, -0.15) is 0 Å². The second-order valence-electron chi connectivity index (χ2n) is 3.92. The van der Waals surface area contributed by atoms with Crippen molar-refractivity contribution in [1.29, 1.82) is 0 Å².